The molecule has 30 heavy (non-hydrogen) atoms. The number of thioether (sulfide) groups is 1. The number of benzene rings is 1. The molecule has 2 aromatic rings. The highest BCUT2D eigenvalue weighted by Gasteiger charge is 2.35. The number of carbonyl (C=O) groups excluding carboxylic acids is 1. The maximum Gasteiger partial charge on any atom is 0.283 e. The number of nitrogens with zero attached hydrogens (tertiary/aromatic N) is 4. The molecular formula is C23H25N5OS. The van der Waals surface area contributed by atoms with Gasteiger partial charge in [0.1, 0.15) is 5.04 Å². The lowest BCUT2D eigenvalue weighted by molar-refractivity contribution is -0.114. The third-order valence-electron chi connectivity index (χ3n) is 5.28. The van der Waals surface area contributed by atoms with Crippen LogP contribution in [0.25, 0.3) is 11.8 Å². The average Bonchev–Trinajstić information content (AvgIpc) is 3.26. The minimum Gasteiger partial charge on any atom is -0.318 e. The fourth-order valence-electron chi connectivity index (χ4n) is 3.72. The van der Waals surface area contributed by atoms with E-state index >= 15 is 0 Å². The van der Waals surface area contributed by atoms with Crippen molar-refractivity contribution in [1.29, 1.82) is 5.41 Å². The van der Waals surface area contributed by atoms with Crippen LogP contribution >= 0.6 is 11.8 Å². The normalized spacial score (nSPS) is 17.4. The van der Waals surface area contributed by atoms with Crippen LogP contribution < -0.4 is 0 Å². The molecule has 154 valence electrons. The molecular weight excluding hydrogens is 394 g/mol. The van der Waals surface area contributed by atoms with Crippen molar-refractivity contribution >= 4 is 39.8 Å². The Morgan fingerprint density at radius 1 is 1.17 bits per heavy atom. The molecule has 2 aliphatic heterocycles. The zero-order chi connectivity index (χ0) is 21.3. The van der Waals surface area contributed by atoms with Gasteiger partial charge < -0.3 is 4.57 Å². The van der Waals surface area contributed by atoms with E-state index in [4.69, 9.17) is 5.41 Å². The van der Waals surface area contributed by atoms with E-state index in [-0.39, 0.29) is 17.3 Å². The summed E-state index contributed by atoms with van der Waals surface area (Å²) in [6.45, 7) is 6.22. The SMILES string of the molecule is CCCCCC1=NN2C(=N)/C(=C\c3cc(C)n(-c4ccccc4)c3C)C(=O)N=C2S1. The van der Waals surface area contributed by atoms with Crippen molar-refractivity contribution in [1.82, 2.24) is 9.58 Å². The van der Waals surface area contributed by atoms with E-state index in [0.717, 1.165) is 53.4 Å². The predicted molar refractivity (Wildman–Crippen MR) is 124 cm³/mol. The highest BCUT2D eigenvalue weighted by Crippen LogP contribution is 2.31. The Kier molecular flexibility index (Phi) is 5.72. The molecule has 0 fully saturated rings. The molecule has 0 bridgehead atoms. The van der Waals surface area contributed by atoms with Gasteiger partial charge in [-0.3, -0.25) is 10.2 Å². The molecule has 2 aliphatic rings. The van der Waals surface area contributed by atoms with Gasteiger partial charge in [0.05, 0.1) is 5.57 Å². The van der Waals surface area contributed by atoms with Gasteiger partial charge in [-0.1, -0.05) is 38.0 Å². The number of aromatic nitrogens is 1. The molecule has 6 nitrogen and oxygen atoms in total. The highest BCUT2D eigenvalue weighted by molar-refractivity contribution is 8.26. The first-order valence-electron chi connectivity index (χ1n) is 10.2. The summed E-state index contributed by atoms with van der Waals surface area (Å²) in [5.41, 5.74) is 4.33. The van der Waals surface area contributed by atoms with Crippen LogP contribution in [0.15, 0.2) is 52.1 Å². The minimum absolute atomic E-state index is 0.0903. The maximum absolute atomic E-state index is 12.7. The van der Waals surface area contributed by atoms with Gasteiger partial charge in [0, 0.05) is 17.1 Å². The zero-order valence-corrected chi connectivity index (χ0v) is 18.3. The Labute approximate surface area is 180 Å². The molecule has 0 atom stereocenters. The maximum atomic E-state index is 12.7. The van der Waals surface area contributed by atoms with Crippen LogP contribution in [0.1, 0.15) is 49.6 Å². The number of para-hydroxylation sites is 1. The number of amides is 1. The topological polar surface area (TPSA) is 73.8 Å². The number of amidine groups is 2. The average molecular weight is 420 g/mol. The Hall–Kier alpha value is -2.93. The van der Waals surface area contributed by atoms with Crippen molar-refractivity contribution in [2.75, 3.05) is 0 Å². The number of fused-ring (bicyclic) bond motifs is 1. The molecule has 1 amide bonds. The number of rotatable bonds is 6. The summed E-state index contributed by atoms with van der Waals surface area (Å²) in [7, 11) is 0. The molecule has 1 N–H and O–H groups in total. The largest absolute Gasteiger partial charge is 0.318 e. The third-order valence-corrected chi connectivity index (χ3v) is 6.24. The van der Waals surface area contributed by atoms with E-state index in [1.54, 1.807) is 6.08 Å². The monoisotopic (exact) mass is 419 g/mol. The van der Waals surface area contributed by atoms with Gasteiger partial charge in [0.15, 0.2) is 5.84 Å². The Balaban J connectivity index is 1.64. The van der Waals surface area contributed by atoms with Gasteiger partial charge in [-0.05, 0) is 68.3 Å². The fourth-order valence-corrected chi connectivity index (χ4v) is 4.65. The summed E-state index contributed by atoms with van der Waals surface area (Å²) < 4.78 is 2.15. The standard InChI is InChI=1S/C23H25N5OS/c1-4-5-7-12-20-26-28-21(24)19(22(29)25-23(28)30-20)14-17-13-15(2)27(16(17)3)18-10-8-6-9-11-18/h6,8-11,13-14,24H,4-5,7,12H2,1-3H3/b19-14+,24-21?. The minimum atomic E-state index is -0.381. The number of nitrogens with one attached hydrogen (secondary N) is 1. The predicted octanol–water partition coefficient (Wildman–Crippen LogP) is 5.29. The van der Waals surface area contributed by atoms with Crippen molar-refractivity contribution in [2.45, 2.75) is 46.5 Å². The summed E-state index contributed by atoms with van der Waals surface area (Å²) in [5.74, 6) is -0.291. The van der Waals surface area contributed by atoms with E-state index < -0.39 is 0 Å². The van der Waals surface area contributed by atoms with E-state index in [2.05, 4.69) is 33.7 Å². The summed E-state index contributed by atoms with van der Waals surface area (Å²) in [6.07, 6.45) is 5.96. The molecule has 4 rings (SSSR count). The number of unbranched alkanes of at least 4 members (excludes halogenated alkanes) is 2. The van der Waals surface area contributed by atoms with Crippen LogP contribution in [0.5, 0.6) is 0 Å². The molecule has 1 aromatic heterocycles. The van der Waals surface area contributed by atoms with Crippen LogP contribution in [0, 0.1) is 19.3 Å². The molecule has 0 spiro atoms. The molecule has 1 aromatic carbocycles. The van der Waals surface area contributed by atoms with Gasteiger partial charge in [0.25, 0.3) is 5.91 Å². The van der Waals surface area contributed by atoms with E-state index in [1.807, 2.05) is 38.1 Å². The highest BCUT2D eigenvalue weighted by atomic mass is 32.2. The lowest BCUT2D eigenvalue weighted by Gasteiger charge is -2.20. The molecule has 0 unspecified atom stereocenters. The fraction of sp³-hybridized carbons (Fsp3) is 0.304. The molecule has 0 radical (unpaired) electrons. The number of aryl methyl sites for hydroxylation is 1. The second-order valence-corrected chi connectivity index (χ2v) is 8.51. The van der Waals surface area contributed by atoms with E-state index in [1.165, 1.54) is 16.8 Å². The first kappa shape index (κ1) is 20.3. The Morgan fingerprint density at radius 3 is 2.67 bits per heavy atom. The summed E-state index contributed by atoms with van der Waals surface area (Å²) in [4.78, 5) is 16.9. The van der Waals surface area contributed by atoms with Crippen molar-refractivity contribution in [3.8, 4) is 5.69 Å². The van der Waals surface area contributed by atoms with Crippen molar-refractivity contribution in [2.24, 2.45) is 10.1 Å². The second-order valence-electron chi connectivity index (χ2n) is 7.47. The first-order chi connectivity index (χ1) is 14.5. The summed E-state index contributed by atoms with van der Waals surface area (Å²) >= 11 is 1.40. The number of hydrogen-bond acceptors (Lipinski definition) is 4. The van der Waals surface area contributed by atoms with Gasteiger partial charge in [-0.15, -0.1) is 0 Å². The third kappa shape index (κ3) is 3.77. The van der Waals surface area contributed by atoms with Crippen LogP contribution in [0.2, 0.25) is 0 Å². The van der Waals surface area contributed by atoms with Gasteiger partial charge in [-0.2, -0.15) is 15.1 Å². The van der Waals surface area contributed by atoms with Gasteiger partial charge >= 0.3 is 0 Å². The van der Waals surface area contributed by atoms with Crippen LogP contribution in [0.3, 0.4) is 0 Å². The zero-order valence-electron chi connectivity index (χ0n) is 17.5. The number of hydrazone groups is 1. The summed E-state index contributed by atoms with van der Waals surface area (Å²) in [5, 5.41) is 16.0. The molecule has 3 heterocycles. The molecule has 7 heteroatoms. The number of carbonyl (C=O) groups is 1. The molecule has 0 saturated carbocycles. The van der Waals surface area contributed by atoms with Crippen molar-refractivity contribution in [3.63, 3.8) is 0 Å². The van der Waals surface area contributed by atoms with Gasteiger partial charge in [-0.25, -0.2) is 0 Å². The summed E-state index contributed by atoms with van der Waals surface area (Å²) in [6, 6.07) is 12.1. The van der Waals surface area contributed by atoms with Crippen LogP contribution in [-0.2, 0) is 4.79 Å². The first-order valence-corrected chi connectivity index (χ1v) is 11.0. The Morgan fingerprint density at radius 2 is 1.93 bits per heavy atom. The number of aliphatic imine (C=N–C) groups is 1. The quantitative estimate of drug-likeness (QED) is 0.510. The Bertz CT molecular complexity index is 1090. The second kappa shape index (κ2) is 8.44. The molecule has 0 saturated heterocycles. The lowest BCUT2D eigenvalue weighted by atomic mass is 10.1. The van der Waals surface area contributed by atoms with E-state index in [0.29, 0.717) is 5.17 Å². The smallest absolute Gasteiger partial charge is 0.283 e. The van der Waals surface area contributed by atoms with Crippen LogP contribution in [-0.4, -0.2) is 31.5 Å². The lowest BCUT2D eigenvalue weighted by Crippen LogP contribution is -2.35. The van der Waals surface area contributed by atoms with E-state index in [9.17, 15) is 4.79 Å². The molecule has 0 aliphatic carbocycles. The van der Waals surface area contributed by atoms with Gasteiger partial charge in [0.2, 0.25) is 5.17 Å². The van der Waals surface area contributed by atoms with Crippen LogP contribution in [0.4, 0.5) is 0 Å². The van der Waals surface area contributed by atoms with Crippen molar-refractivity contribution < 1.29 is 4.79 Å². The van der Waals surface area contributed by atoms with Crippen molar-refractivity contribution in [3.05, 3.63) is 58.9 Å². The number of hydrogen-bond donors (Lipinski definition) is 1.